The minimum Gasteiger partial charge on any atom is -0.369 e. The summed E-state index contributed by atoms with van der Waals surface area (Å²) < 4.78 is 1.71. The second-order valence-electron chi connectivity index (χ2n) is 7.42. The predicted octanol–water partition coefficient (Wildman–Crippen LogP) is 2.73. The van der Waals surface area contributed by atoms with E-state index in [1.54, 1.807) is 20.9 Å². The van der Waals surface area contributed by atoms with E-state index in [2.05, 4.69) is 5.10 Å². The number of carbonyl (C=O) groups excluding carboxylic acids is 2. The lowest BCUT2D eigenvalue weighted by molar-refractivity contribution is -0.123. The van der Waals surface area contributed by atoms with Crippen LogP contribution >= 0.6 is 11.3 Å². The van der Waals surface area contributed by atoms with Gasteiger partial charge < -0.3 is 10.6 Å². The molecule has 4 rings (SSSR count). The first-order valence-electron chi connectivity index (χ1n) is 9.35. The van der Waals surface area contributed by atoms with Crippen LogP contribution in [0.4, 0.5) is 0 Å². The van der Waals surface area contributed by atoms with Gasteiger partial charge in [0.15, 0.2) is 5.65 Å². The fourth-order valence-corrected chi connectivity index (χ4v) is 4.63. The van der Waals surface area contributed by atoms with Gasteiger partial charge in [-0.15, -0.1) is 11.3 Å². The lowest BCUT2D eigenvalue weighted by atomic mass is 9.92. The van der Waals surface area contributed by atoms with Crippen LogP contribution in [0.25, 0.3) is 21.6 Å². The van der Waals surface area contributed by atoms with Crippen LogP contribution in [-0.2, 0) is 11.8 Å². The molecule has 1 aliphatic heterocycles. The number of aryl methyl sites for hydroxylation is 2. The molecule has 7 nitrogen and oxygen atoms in total. The summed E-state index contributed by atoms with van der Waals surface area (Å²) in [6.07, 6.45) is 1.48. The average Bonchev–Trinajstić information content (AvgIpc) is 3.29. The molecule has 28 heavy (non-hydrogen) atoms. The van der Waals surface area contributed by atoms with Crippen molar-refractivity contribution < 1.29 is 9.59 Å². The zero-order valence-electron chi connectivity index (χ0n) is 16.2. The molecule has 0 bridgehead atoms. The van der Waals surface area contributed by atoms with Gasteiger partial charge in [0.25, 0.3) is 5.91 Å². The normalized spacial score (nSPS) is 19.9. The monoisotopic (exact) mass is 397 g/mol. The number of primary amides is 1. The van der Waals surface area contributed by atoms with Gasteiger partial charge in [-0.25, -0.2) is 4.98 Å². The first-order chi connectivity index (χ1) is 13.4. The van der Waals surface area contributed by atoms with Crippen LogP contribution in [0.3, 0.4) is 0 Å². The number of likely N-dealkylation sites (tertiary alicyclic amines) is 1. The quantitative estimate of drug-likeness (QED) is 0.735. The molecule has 0 aromatic carbocycles. The number of nitrogens with zero attached hydrogens (tertiary/aromatic N) is 4. The molecule has 1 aliphatic rings. The molecule has 3 aromatic heterocycles. The third-order valence-electron chi connectivity index (χ3n) is 5.52. The number of amides is 2. The molecule has 8 heteroatoms. The van der Waals surface area contributed by atoms with Crippen molar-refractivity contribution >= 4 is 34.2 Å². The van der Waals surface area contributed by atoms with Crippen molar-refractivity contribution in [3.05, 3.63) is 34.8 Å². The third-order valence-corrected chi connectivity index (χ3v) is 6.41. The summed E-state index contributed by atoms with van der Waals surface area (Å²) >= 11 is 1.58. The maximum atomic E-state index is 13.6. The predicted molar refractivity (Wildman–Crippen MR) is 109 cm³/mol. The van der Waals surface area contributed by atoms with Crippen LogP contribution in [-0.4, -0.2) is 44.1 Å². The second kappa shape index (κ2) is 7.01. The van der Waals surface area contributed by atoms with Gasteiger partial charge in [0, 0.05) is 19.6 Å². The molecular formula is C20H23N5O2S. The molecule has 0 spiro atoms. The Morgan fingerprint density at radius 3 is 2.79 bits per heavy atom. The van der Waals surface area contributed by atoms with Crippen LogP contribution in [0, 0.1) is 12.8 Å². The molecule has 146 valence electrons. The van der Waals surface area contributed by atoms with E-state index in [0.29, 0.717) is 17.8 Å². The number of fused-ring (bicyclic) bond motifs is 1. The van der Waals surface area contributed by atoms with E-state index in [1.807, 2.05) is 44.5 Å². The number of nitrogens with two attached hydrogens (primary N) is 1. The van der Waals surface area contributed by atoms with Crippen LogP contribution < -0.4 is 5.73 Å². The summed E-state index contributed by atoms with van der Waals surface area (Å²) in [7, 11) is 1.83. The maximum Gasteiger partial charge on any atom is 0.255 e. The number of aromatic nitrogens is 3. The molecule has 1 fully saturated rings. The molecule has 4 heterocycles. The Morgan fingerprint density at radius 1 is 1.32 bits per heavy atom. The number of rotatable bonds is 3. The van der Waals surface area contributed by atoms with Crippen molar-refractivity contribution in [2.24, 2.45) is 18.7 Å². The van der Waals surface area contributed by atoms with Crippen molar-refractivity contribution in [1.82, 2.24) is 19.7 Å². The van der Waals surface area contributed by atoms with Gasteiger partial charge in [0.2, 0.25) is 5.91 Å². The lowest BCUT2D eigenvalue weighted by Crippen LogP contribution is -2.48. The summed E-state index contributed by atoms with van der Waals surface area (Å²) in [5, 5.41) is 7.23. The van der Waals surface area contributed by atoms with Crippen LogP contribution in [0.1, 0.15) is 35.8 Å². The molecule has 3 aromatic rings. The standard InChI is InChI=1S/C20H23N5O2S/c1-11-6-7-13(18(21)26)10-25(11)20(27)14-9-15(16-5-4-8-28-16)22-19-17(14)12(2)23-24(19)3/h4-5,8-9,11,13H,6-7,10H2,1-3H3,(H2,21,26)/t11-,13+/m0/s1. The second-order valence-corrected chi connectivity index (χ2v) is 8.37. The van der Waals surface area contributed by atoms with Crippen molar-refractivity contribution in [3.63, 3.8) is 0 Å². The molecule has 0 saturated carbocycles. The summed E-state index contributed by atoms with van der Waals surface area (Å²) in [6, 6.07) is 5.86. The molecule has 0 radical (unpaired) electrons. The number of hydrogen-bond donors (Lipinski definition) is 1. The Morgan fingerprint density at radius 2 is 2.11 bits per heavy atom. The fourth-order valence-electron chi connectivity index (χ4n) is 3.94. The van der Waals surface area contributed by atoms with Gasteiger partial charge >= 0.3 is 0 Å². The van der Waals surface area contributed by atoms with E-state index in [0.717, 1.165) is 34.5 Å². The van der Waals surface area contributed by atoms with Crippen molar-refractivity contribution in [3.8, 4) is 10.6 Å². The minimum absolute atomic E-state index is 0.0495. The van der Waals surface area contributed by atoms with Gasteiger partial charge in [-0.1, -0.05) is 6.07 Å². The highest BCUT2D eigenvalue weighted by Gasteiger charge is 2.33. The van der Waals surface area contributed by atoms with Gasteiger partial charge in [0.05, 0.1) is 33.1 Å². The van der Waals surface area contributed by atoms with E-state index >= 15 is 0 Å². The van der Waals surface area contributed by atoms with E-state index in [9.17, 15) is 9.59 Å². The van der Waals surface area contributed by atoms with E-state index in [1.165, 1.54) is 0 Å². The Balaban J connectivity index is 1.84. The number of pyridine rings is 1. The summed E-state index contributed by atoms with van der Waals surface area (Å²) in [4.78, 5) is 32.8. The molecule has 2 atom stereocenters. The van der Waals surface area contributed by atoms with Gasteiger partial charge in [-0.05, 0) is 44.2 Å². The minimum atomic E-state index is -0.346. The highest BCUT2D eigenvalue weighted by molar-refractivity contribution is 7.13. The Hall–Kier alpha value is -2.74. The van der Waals surface area contributed by atoms with Crippen molar-refractivity contribution in [2.75, 3.05) is 6.54 Å². The molecule has 2 N–H and O–H groups in total. The number of carbonyl (C=O) groups is 2. The number of hydrogen-bond acceptors (Lipinski definition) is 5. The van der Waals surface area contributed by atoms with Crippen LogP contribution in [0.15, 0.2) is 23.6 Å². The Labute approximate surface area is 167 Å². The topological polar surface area (TPSA) is 94.1 Å². The first kappa shape index (κ1) is 18.6. The zero-order valence-corrected chi connectivity index (χ0v) is 17.0. The molecular weight excluding hydrogens is 374 g/mol. The van der Waals surface area contributed by atoms with Crippen LogP contribution in [0.2, 0.25) is 0 Å². The van der Waals surface area contributed by atoms with Gasteiger partial charge in [-0.3, -0.25) is 14.3 Å². The average molecular weight is 398 g/mol. The SMILES string of the molecule is Cc1nn(C)c2nc(-c3cccs3)cc(C(=O)N3C[C@H](C(N)=O)CC[C@@H]3C)c12. The summed E-state index contributed by atoms with van der Waals surface area (Å²) in [5.41, 5.74) is 8.30. The van der Waals surface area contributed by atoms with Gasteiger partial charge in [0.1, 0.15) is 0 Å². The van der Waals surface area contributed by atoms with E-state index in [-0.39, 0.29) is 23.8 Å². The fraction of sp³-hybridized carbons (Fsp3) is 0.400. The molecule has 2 amide bonds. The number of thiophene rings is 1. The summed E-state index contributed by atoms with van der Waals surface area (Å²) in [5.74, 6) is -0.745. The highest BCUT2D eigenvalue weighted by atomic mass is 32.1. The van der Waals surface area contributed by atoms with Gasteiger partial charge in [-0.2, -0.15) is 5.10 Å². The molecule has 0 unspecified atom stereocenters. The maximum absolute atomic E-state index is 13.6. The number of piperidine rings is 1. The lowest BCUT2D eigenvalue weighted by Gasteiger charge is -2.37. The molecule has 1 saturated heterocycles. The van der Waals surface area contributed by atoms with Crippen molar-refractivity contribution in [1.29, 1.82) is 0 Å². The smallest absolute Gasteiger partial charge is 0.255 e. The Kier molecular flexibility index (Phi) is 4.66. The first-order valence-corrected chi connectivity index (χ1v) is 10.2. The zero-order chi connectivity index (χ0) is 20.0. The third kappa shape index (κ3) is 3.07. The van der Waals surface area contributed by atoms with E-state index < -0.39 is 0 Å². The van der Waals surface area contributed by atoms with Crippen molar-refractivity contribution in [2.45, 2.75) is 32.7 Å². The Bertz CT molecular complexity index is 1060. The van der Waals surface area contributed by atoms with Crippen LogP contribution in [0.5, 0.6) is 0 Å². The van der Waals surface area contributed by atoms with E-state index in [4.69, 9.17) is 10.7 Å². The molecule has 0 aliphatic carbocycles. The largest absolute Gasteiger partial charge is 0.369 e. The summed E-state index contributed by atoms with van der Waals surface area (Å²) in [6.45, 7) is 4.26. The highest BCUT2D eigenvalue weighted by Crippen LogP contribution is 2.31.